The molecule has 5 amide bonds. The second-order valence-electron chi connectivity index (χ2n) is 11.2. The van der Waals surface area contributed by atoms with Crippen molar-refractivity contribution in [3.8, 4) is 11.5 Å². The maximum absolute atomic E-state index is 13.6. The summed E-state index contributed by atoms with van der Waals surface area (Å²) in [5.74, 6) is -2.16. The molecule has 4 aromatic rings. The summed E-state index contributed by atoms with van der Waals surface area (Å²) in [7, 11) is 4.33. The van der Waals surface area contributed by atoms with Crippen LogP contribution in [0, 0.1) is 0 Å². The molecule has 260 valence electrons. The Labute approximate surface area is 288 Å². The second kappa shape index (κ2) is 16.7. The fourth-order valence-corrected chi connectivity index (χ4v) is 4.76. The molecule has 0 heterocycles. The molecule has 0 aliphatic rings. The van der Waals surface area contributed by atoms with Gasteiger partial charge in [0.05, 0.1) is 20.1 Å². The van der Waals surface area contributed by atoms with E-state index in [4.69, 9.17) is 14.6 Å². The minimum atomic E-state index is -1.11. The monoisotopic (exact) mass is 684 g/mol. The molecule has 0 aromatic heterocycles. The van der Waals surface area contributed by atoms with Gasteiger partial charge in [0.25, 0.3) is 0 Å². The number of methoxy groups -OCH3 is 1. The minimum absolute atomic E-state index is 0.176. The van der Waals surface area contributed by atoms with Crippen LogP contribution in [0.1, 0.15) is 5.56 Å². The largest absolute Gasteiger partial charge is 0.497 e. The van der Waals surface area contributed by atoms with Gasteiger partial charge in [-0.25, -0.2) is 14.8 Å². The summed E-state index contributed by atoms with van der Waals surface area (Å²) >= 11 is 0. The topological polar surface area (TPSA) is 175 Å². The van der Waals surface area contributed by atoms with Crippen molar-refractivity contribution in [3.63, 3.8) is 0 Å². The number of carbonyl (C=O) groups excluding carboxylic acids is 4. The number of amides is 5. The van der Waals surface area contributed by atoms with Gasteiger partial charge in [0, 0.05) is 42.3 Å². The van der Waals surface area contributed by atoms with E-state index in [1.807, 2.05) is 6.07 Å². The number of para-hydroxylation sites is 1. The first-order valence-corrected chi connectivity index (χ1v) is 15.3. The van der Waals surface area contributed by atoms with Gasteiger partial charge in [0.2, 0.25) is 18.4 Å². The van der Waals surface area contributed by atoms with Crippen molar-refractivity contribution in [2.45, 2.75) is 6.42 Å². The number of hydrogen-bond donors (Lipinski definition) is 4. The van der Waals surface area contributed by atoms with E-state index in [-0.39, 0.29) is 23.5 Å². The van der Waals surface area contributed by atoms with E-state index < -0.39 is 54.1 Å². The van der Waals surface area contributed by atoms with E-state index in [0.29, 0.717) is 22.7 Å². The van der Waals surface area contributed by atoms with Gasteiger partial charge in [-0.15, -0.1) is 0 Å². The summed E-state index contributed by atoms with van der Waals surface area (Å²) in [6.45, 7) is -1.45. The molecule has 0 aliphatic carbocycles. The normalized spacial score (nSPS) is 11.8. The molecular weight excluding hydrogens is 646 g/mol. The number of likely N-dealkylation sites (N-methyl/N-ethyl adjacent to an activating group) is 2. The fraction of sp³-hybridized carbons (Fsp3) is 0.194. The third-order valence-corrected chi connectivity index (χ3v) is 7.59. The van der Waals surface area contributed by atoms with Gasteiger partial charge in [-0.2, -0.15) is 0 Å². The lowest BCUT2D eigenvalue weighted by molar-refractivity contribution is -0.158. The van der Waals surface area contributed by atoms with Gasteiger partial charge in [-0.1, -0.05) is 47.1 Å². The number of urea groups is 1. The van der Waals surface area contributed by atoms with Gasteiger partial charge in [-0.05, 0) is 48.0 Å². The highest BCUT2D eigenvalue weighted by atomic mass is 16.6. The molecule has 1 unspecified atom stereocenters. The molecule has 4 aromatic carbocycles. The number of quaternary nitrogens is 1. The van der Waals surface area contributed by atoms with Crippen molar-refractivity contribution in [2.75, 3.05) is 56.0 Å². The average molecular weight is 685 g/mol. The van der Waals surface area contributed by atoms with Crippen molar-refractivity contribution in [1.29, 1.82) is 0 Å². The zero-order valence-corrected chi connectivity index (χ0v) is 27.7. The average Bonchev–Trinajstić information content (AvgIpc) is 3.11. The van der Waals surface area contributed by atoms with Crippen LogP contribution in [-0.4, -0.2) is 80.9 Å². The number of carboxylic acid groups (broad SMARTS) is 1. The van der Waals surface area contributed by atoms with Crippen LogP contribution in [0.5, 0.6) is 11.5 Å². The Balaban J connectivity index is 1.49. The number of nitrogens with zero attached hydrogens (tertiary/aromatic N) is 3. The Hall–Kier alpha value is -6.25. The van der Waals surface area contributed by atoms with Crippen molar-refractivity contribution in [1.82, 2.24) is 9.96 Å². The number of carboxylic acids is 1. The molecule has 0 spiro atoms. The van der Waals surface area contributed by atoms with Crippen LogP contribution in [0.3, 0.4) is 0 Å². The van der Waals surface area contributed by atoms with Crippen LogP contribution in [0.2, 0.25) is 0 Å². The van der Waals surface area contributed by atoms with Gasteiger partial charge >= 0.3 is 17.9 Å². The fourth-order valence-electron chi connectivity index (χ4n) is 4.76. The van der Waals surface area contributed by atoms with Gasteiger partial charge in [-0.3, -0.25) is 14.4 Å². The van der Waals surface area contributed by atoms with Crippen LogP contribution in [0.4, 0.5) is 27.5 Å². The molecule has 4 N–H and O–H groups in total. The maximum Gasteiger partial charge on any atom is 0.388 e. The number of benzene rings is 4. The minimum Gasteiger partial charge on any atom is -0.497 e. The predicted octanol–water partition coefficient (Wildman–Crippen LogP) is 4.07. The van der Waals surface area contributed by atoms with Crippen molar-refractivity contribution >= 4 is 52.5 Å². The standard InChI is InChI=1S/C36H37N5O9/c1-39(27-12-5-4-6-13-27)33(43)23-40(32(42)22-37-36(47)38-26-11-7-10-25(18-26)19-35(45)46)28-14-8-17-31(20-28)50-24-34(44)41(2,48)29-15-9-16-30(21-29)49-3/h4-18,20-21,48H,19,22-24H2,1-3H3,(H2-,37,38,45,46,47)/p+1. The van der Waals surface area contributed by atoms with E-state index in [1.165, 1.54) is 42.2 Å². The molecule has 0 saturated heterocycles. The smallest absolute Gasteiger partial charge is 0.388 e. The third kappa shape index (κ3) is 9.88. The Bertz CT molecular complexity index is 1850. The first kappa shape index (κ1) is 36.6. The lowest BCUT2D eigenvalue weighted by atomic mass is 10.1. The highest BCUT2D eigenvalue weighted by Crippen LogP contribution is 2.26. The number of carbonyl (C=O) groups is 5. The lowest BCUT2D eigenvalue weighted by Crippen LogP contribution is -2.50. The second-order valence-corrected chi connectivity index (χ2v) is 11.2. The molecular formula is C36H38N5O9+. The number of ether oxygens (including phenoxy) is 2. The number of nitrogens with one attached hydrogen (secondary N) is 2. The summed E-state index contributed by atoms with van der Waals surface area (Å²) in [6.07, 6.45) is -0.228. The molecule has 0 aliphatic heterocycles. The molecule has 14 heteroatoms. The number of anilines is 3. The zero-order valence-electron chi connectivity index (χ0n) is 27.7. The Morgan fingerprint density at radius 3 is 2.20 bits per heavy atom. The van der Waals surface area contributed by atoms with Crippen LogP contribution in [0.15, 0.2) is 103 Å². The Morgan fingerprint density at radius 1 is 0.800 bits per heavy atom. The summed E-state index contributed by atoms with van der Waals surface area (Å²) in [4.78, 5) is 66.3. The van der Waals surface area contributed by atoms with Crippen molar-refractivity contribution in [3.05, 3.63) is 109 Å². The number of hydrogen-bond acceptors (Lipinski definition) is 8. The molecule has 1 atom stereocenters. The Morgan fingerprint density at radius 2 is 1.48 bits per heavy atom. The maximum atomic E-state index is 13.6. The Kier molecular flexibility index (Phi) is 12.2. The molecule has 0 radical (unpaired) electrons. The third-order valence-electron chi connectivity index (χ3n) is 7.59. The van der Waals surface area contributed by atoms with Gasteiger partial charge in [0.15, 0.2) is 5.69 Å². The van der Waals surface area contributed by atoms with Crippen molar-refractivity contribution < 1.29 is 43.8 Å². The van der Waals surface area contributed by atoms with E-state index in [9.17, 15) is 29.2 Å². The molecule has 0 saturated carbocycles. The SMILES string of the molecule is COc1cccc([N+](C)(O)C(=O)COc2cccc(N(CC(=O)N(C)c3ccccc3)C(=O)CNC(=O)Nc3cccc(CC(=O)O)c3)c2)c1. The van der Waals surface area contributed by atoms with Crippen LogP contribution in [0.25, 0.3) is 0 Å². The summed E-state index contributed by atoms with van der Waals surface area (Å²) < 4.78 is 9.79. The summed E-state index contributed by atoms with van der Waals surface area (Å²) in [5, 5.41) is 25.0. The number of hydroxylamine groups is 2. The van der Waals surface area contributed by atoms with Crippen LogP contribution >= 0.6 is 0 Å². The van der Waals surface area contributed by atoms with Crippen LogP contribution in [-0.2, 0) is 25.6 Å². The van der Waals surface area contributed by atoms with Crippen molar-refractivity contribution in [2.24, 2.45) is 0 Å². The molecule has 50 heavy (non-hydrogen) atoms. The zero-order chi connectivity index (χ0) is 36.3. The molecule has 0 bridgehead atoms. The summed E-state index contributed by atoms with van der Waals surface area (Å²) in [6, 6.07) is 26.9. The molecule has 0 fully saturated rings. The van der Waals surface area contributed by atoms with E-state index in [1.54, 1.807) is 85.9 Å². The first-order chi connectivity index (χ1) is 23.9. The van der Waals surface area contributed by atoms with Gasteiger partial charge in [0.1, 0.15) is 25.1 Å². The number of rotatable bonds is 14. The molecule has 4 rings (SSSR count). The quantitative estimate of drug-likeness (QED) is 0.0867. The van der Waals surface area contributed by atoms with E-state index >= 15 is 0 Å². The lowest BCUT2D eigenvalue weighted by Gasteiger charge is -2.26. The van der Waals surface area contributed by atoms with E-state index in [0.717, 1.165) is 0 Å². The number of aliphatic carboxylic acids is 1. The predicted molar refractivity (Wildman–Crippen MR) is 186 cm³/mol. The highest BCUT2D eigenvalue weighted by molar-refractivity contribution is 6.05. The summed E-state index contributed by atoms with van der Waals surface area (Å²) in [5.41, 5.74) is 1.91. The first-order valence-electron chi connectivity index (χ1n) is 15.3. The van der Waals surface area contributed by atoms with E-state index in [2.05, 4.69) is 10.6 Å². The van der Waals surface area contributed by atoms with Gasteiger partial charge < -0.3 is 35.0 Å². The molecule has 14 nitrogen and oxygen atoms in total. The van der Waals surface area contributed by atoms with Crippen LogP contribution < -0.4 is 34.6 Å². The highest BCUT2D eigenvalue weighted by Gasteiger charge is 2.34.